The van der Waals surface area contributed by atoms with Crippen molar-refractivity contribution in [1.82, 2.24) is 0 Å². The molecule has 0 saturated heterocycles. The van der Waals surface area contributed by atoms with E-state index in [4.69, 9.17) is 4.42 Å². The number of benzene rings is 7. The average Bonchev–Trinajstić information content (AvgIpc) is 3.77. The van der Waals surface area contributed by atoms with E-state index in [1.807, 2.05) is 6.07 Å². The summed E-state index contributed by atoms with van der Waals surface area (Å²) in [5.74, 6) is 0. The Morgan fingerprint density at radius 3 is 1.83 bits per heavy atom. The molecule has 0 fully saturated rings. The van der Waals surface area contributed by atoms with Gasteiger partial charge < -0.3 is 4.42 Å². The molecule has 0 saturated carbocycles. The predicted octanol–water partition coefficient (Wildman–Crippen LogP) is 16.7. The van der Waals surface area contributed by atoms with E-state index in [1.165, 1.54) is 87.8 Å². The summed E-state index contributed by atoms with van der Waals surface area (Å²) in [7, 11) is 0. The van der Waals surface area contributed by atoms with Crippen LogP contribution in [0.1, 0.15) is 43.4 Å². The summed E-state index contributed by atoms with van der Waals surface area (Å²) in [5.41, 5.74) is 14.5. The molecule has 1 aromatic heterocycles. The van der Waals surface area contributed by atoms with E-state index in [1.54, 1.807) is 0 Å². The highest BCUT2D eigenvalue weighted by Crippen LogP contribution is 2.52. The Kier molecular flexibility index (Phi) is 8.71. The lowest BCUT2D eigenvalue weighted by Crippen LogP contribution is -2.14. The van der Waals surface area contributed by atoms with Crippen LogP contribution >= 0.6 is 0 Å². The maximum atomic E-state index is 6.33. The van der Waals surface area contributed by atoms with Gasteiger partial charge in [-0.05, 0) is 131 Å². The third-order valence-corrected chi connectivity index (χ3v) is 12.8. The first-order valence-corrected chi connectivity index (χ1v) is 21.1. The second-order valence-corrected chi connectivity index (χ2v) is 16.6. The molecule has 1 heteroatoms. The Labute approximate surface area is 351 Å². The first-order valence-electron chi connectivity index (χ1n) is 21.1. The van der Waals surface area contributed by atoms with Crippen LogP contribution in [0.3, 0.4) is 0 Å². The fourth-order valence-electron chi connectivity index (χ4n) is 9.88. The number of furan rings is 1. The van der Waals surface area contributed by atoms with Crippen molar-refractivity contribution in [3.63, 3.8) is 0 Å². The van der Waals surface area contributed by atoms with Gasteiger partial charge in [0.1, 0.15) is 11.2 Å². The van der Waals surface area contributed by atoms with E-state index in [9.17, 15) is 0 Å². The number of allylic oxidation sites excluding steroid dienone is 8. The molecule has 0 unspecified atom stereocenters. The standard InChI is InChI=1S/C59H44O/c1-59(2)52-34-32-42(36-50(52)51-38-49-43(37-53(51)59)33-35-55-58(49)48-28-18-19-29-54(48)60-55)39-20-10-8-9-13-23-41(31-30-39)57-46-26-16-14-24-44(46)56(45-25-15-17-27-47(45)57)40-21-11-6-4-3-5-7-12-22-40/h3-4,6-20,22-38H,5,21H2,1-2H3/b4-3-,9-8?,10-8?,11-6-,12-7-,13-9?,20-10?,23-13?,31-30?,39-20?,39-30?,40-22+,41-23?,41-31?. The predicted molar refractivity (Wildman–Crippen MR) is 257 cm³/mol. The molecular weight excluding hydrogens is 725 g/mol. The molecule has 11 rings (SSSR count). The van der Waals surface area contributed by atoms with Gasteiger partial charge in [-0.15, -0.1) is 0 Å². The SMILES string of the molecule is CC1(C)c2ccc(-c3ccccccc(-c4c5ccccc5c(/C5=C/C=C\C/C=C\C=C/C5)c5ccccc45)cc3)cc2-c2cc3c(ccc4oc5ccccc5c43)cc21. The van der Waals surface area contributed by atoms with Crippen LogP contribution in [0.15, 0.2) is 211 Å². The highest BCUT2D eigenvalue weighted by atomic mass is 16.3. The van der Waals surface area contributed by atoms with Gasteiger partial charge in [0.05, 0.1) is 0 Å². The molecule has 286 valence electrons. The maximum absolute atomic E-state index is 6.33. The van der Waals surface area contributed by atoms with Gasteiger partial charge in [0.15, 0.2) is 0 Å². The molecule has 9 aromatic rings. The van der Waals surface area contributed by atoms with Crippen LogP contribution in [-0.2, 0) is 5.41 Å². The topological polar surface area (TPSA) is 13.1 Å². The van der Waals surface area contributed by atoms with Crippen LogP contribution in [-0.4, -0.2) is 0 Å². The Balaban J connectivity index is 1.09. The molecule has 0 atom stereocenters. The zero-order valence-corrected chi connectivity index (χ0v) is 34.0. The first kappa shape index (κ1) is 35.9. The van der Waals surface area contributed by atoms with Gasteiger partial charge >= 0.3 is 0 Å². The molecule has 2 aliphatic carbocycles. The Morgan fingerprint density at radius 1 is 0.433 bits per heavy atom. The molecule has 0 spiro atoms. The molecule has 8 aromatic carbocycles. The fraction of sp³-hybridized carbons (Fsp3) is 0.0847. The summed E-state index contributed by atoms with van der Waals surface area (Å²) in [6, 6.07) is 60.3. The van der Waals surface area contributed by atoms with E-state index in [0.717, 1.165) is 35.0 Å². The molecule has 0 amide bonds. The number of para-hydroxylation sites is 1. The average molecular weight is 769 g/mol. The summed E-state index contributed by atoms with van der Waals surface area (Å²) in [5, 5.41) is 9.88. The minimum absolute atomic E-state index is 0.131. The van der Waals surface area contributed by atoms with Gasteiger partial charge in [-0.1, -0.05) is 190 Å². The minimum atomic E-state index is -0.131. The first-order chi connectivity index (χ1) is 29.5. The van der Waals surface area contributed by atoms with Crippen molar-refractivity contribution >= 4 is 59.8 Å². The van der Waals surface area contributed by atoms with Gasteiger partial charge in [-0.2, -0.15) is 0 Å². The van der Waals surface area contributed by atoms with Crippen molar-refractivity contribution in [3.05, 3.63) is 223 Å². The highest BCUT2D eigenvalue weighted by molar-refractivity contribution is 6.20. The summed E-state index contributed by atoms with van der Waals surface area (Å²) in [6.07, 6.45) is 17.3. The molecule has 0 radical (unpaired) electrons. The van der Waals surface area contributed by atoms with Crippen molar-refractivity contribution < 1.29 is 4.42 Å². The lowest BCUT2D eigenvalue weighted by atomic mass is 9.81. The molecule has 2 aliphatic rings. The fourth-order valence-corrected chi connectivity index (χ4v) is 9.88. The number of fused-ring (bicyclic) bond motifs is 10. The van der Waals surface area contributed by atoms with E-state index < -0.39 is 0 Å². The third-order valence-electron chi connectivity index (χ3n) is 12.8. The molecule has 0 aliphatic heterocycles. The van der Waals surface area contributed by atoms with E-state index in [2.05, 4.69) is 214 Å². The molecule has 1 nitrogen and oxygen atoms in total. The second-order valence-electron chi connectivity index (χ2n) is 16.6. The second kappa shape index (κ2) is 14.6. The minimum Gasteiger partial charge on any atom is -0.456 e. The van der Waals surface area contributed by atoms with Gasteiger partial charge in [-0.25, -0.2) is 0 Å². The van der Waals surface area contributed by atoms with Crippen LogP contribution < -0.4 is 0 Å². The Bertz CT molecular complexity index is 3340. The zero-order valence-electron chi connectivity index (χ0n) is 34.0. The normalized spacial score (nSPS) is 16.9. The lowest BCUT2D eigenvalue weighted by molar-refractivity contribution is 0.661. The zero-order chi connectivity index (χ0) is 40.2. The summed E-state index contributed by atoms with van der Waals surface area (Å²) in [4.78, 5) is 0. The van der Waals surface area contributed by atoms with E-state index in [-0.39, 0.29) is 5.41 Å². The molecule has 1 heterocycles. The third kappa shape index (κ3) is 5.92. The van der Waals surface area contributed by atoms with Crippen molar-refractivity contribution in [3.8, 4) is 33.4 Å². The molecule has 60 heavy (non-hydrogen) atoms. The van der Waals surface area contributed by atoms with Crippen LogP contribution in [0.5, 0.6) is 0 Å². The quantitative estimate of drug-likeness (QED) is 0.163. The summed E-state index contributed by atoms with van der Waals surface area (Å²) < 4.78 is 6.33. The summed E-state index contributed by atoms with van der Waals surface area (Å²) in [6.45, 7) is 4.73. The van der Waals surface area contributed by atoms with Gasteiger partial charge in [0.2, 0.25) is 0 Å². The van der Waals surface area contributed by atoms with E-state index in [0.29, 0.717) is 0 Å². The largest absolute Gasteiger partial charge is 0.456 e. The monoisotopic (exact) mass is 768 g/mol. The summed E-state index contributed by atoms with van der Waals surface area (Å²) >= 11 is 0. The number of rotatable bonds is 3. The molecule has 0 N–H and O–H groups in total. The van der Waals surface area contributed by atoms with Crippen molar-refractivity contribution in [2.24, 2.45) is 0 Å². The number of hydrogen-bond donors (Lipinski definition) is 0. The highest BCUT2D eigenvalue weighted by Gasteiger charge is 2.36. The van der Waals surface area contributed by atoms with Crippen LogP contribution in [0, 0.1) is 0 Å². The van der Waals surface area contributed by atoms with Crippen LogP contribution in [0.4, 0.5) is 0 Å². The Hall–Kier alpha value is -7.22. The number of hydrogen-bond acceptors (Lipinski definition) is 1. The lowest BCUT2D eigenvalue weighted by Gasteiger charge is -2.22. The van der Waals surface area contributed by atoms with Crippen LogP contribution in [0.2, 0.25) is 0 Å². The van der Waals surface area contributed by atoms with Gasteiger partial charge in [0.25, 0.3) is 0 Å². The van der Waals surface area contributed by atoms with Crippen molar-refractivity contribution in [2.75, 3.05) is 0 Å². The Morgan fingerprint density at radius 2 is 1.05 bits per heavy atom. The van der Waals surface area contributed by atoms with Crippen LogP contribution in [0.25, 0.3) is 93.2 Å². The van der Waals surface area contributed by atoms with Crippen molar-refractivity contribution in [1.29, 1.82) is 0 Å². The van der Waals surface area contributed by atoms with Gasteiger partial charge in [0, 0.05) is 16.2 Å². The molecular formula is C59H44O. The van der Waals surface area contributed by atoms with Gasteiger partial charge in [-0.3, -0.25) is 0 Å². The van der Waals surface area contributed by atoms with E-state index >= 15 is 0 Å². The maximum Gasteiger partial charge on any atom is 0.136 e. The van der Waals surface area contributed by atoms with Crippen molar-refractivity contribution in [2.45, 2.75) is 32.1 Å². The molecule has 0 bridgehead atoms. The smallest absolute Gasteiger partial charge is 0.136 e.